The maximum atomic E-state index is 8.38. The molecule has 0 aromatic carbocycles. The summed E-state index contributed by atoms with van der Waals surface area (Å²) in [6.07, 6.45) is -1.19. The monoisotopic (exact) mass is 196 g/mol. The van der Waals surface area contributed by atoms with E-state index in [2.05, 4.69) is 22.1 Å². The molecule has 0 radical (unpaired) electrons. The van der Waals surface area contributed by atoms with Gasteiger partial charge in [-0.25, -0.2) is 0 Å². The van der Waals surface area contributed by atoms with Gasteiger partial charge in [-0.2, -0.15) is 0 Å². The summed E-state index contributed by atoms with van der Waals surface area (Å²) in [5.41, 5.74) is 11.0. The van der Waals surface area contributed by atoms with Crippen molar-refractivity contribution in [1.82, 2.24) is 11.1 Å². The van der Waals surface area contributed by atoms with E-state index < -0.39 is 12.2 Å². The predicted octanol–water partition coefficient (Wildman–Crippen LogP) is -0.668. The Balaban J connectivity index is 0. The molecule has 0 amide bonds. The second kappa shape index (κ2) is 8.57. The normalized spacial score (nSPS) is 19.6. The van der Waals surface area contributed by atoms with Crippen molar-refractivity contribution < 1.29 is 31.9 Å². The summed E-state index contributed by atoms with van der Waals surface area (Å²) in [6, 6.07) is 0. The molecule has 11 heavy (non-hydrogen) atoms. The minimum Gasteiger partial charge on any atom is -0.570 e. The minimum atomic E-state index is -0.593. The van der Waals surface area contributed by atoms with Crippen LogP contribution >= 0.6 is 0 Å². The third-order valence-electron chi connectivity index (χ3n) is 0.898. The molecule has 7 heteroatoms. The molecule has 0 bridgehead atoms. The summed E-state index contributed by atoms with van der Waals surface area (Å²) >= 11 is 0. The predicted molar refractivity (Wildman–Crippen MR) is 36.4 cm³/mol. The molecule has 0 unspecified atom stereocenters. The Morgan fingerprint density at radius 2 is 1.18 bits per heavy atom. The van der Waals surface area contributed by atoms with E-state index >= 15 is 0 Å². The average molecular weight is 196 g/mol. The number of nitrogens with zero attached hydrogens (tertiary/aromatic N) is 2. The fraction of sp³-hybridized carbons (Fsp3) is 1.00. The molecule has 1 aliphatic rings. The Kier molecular flexibility index (Phi) is 10.9. The van der Waals surface area contributed by atoms with Gasteiger partial charge in [0, 0.05) is 0 Å². The van der Waals surface area contributed by atoms with Gasteiger partial charge in [0.15, 0.2) is 0 Å². The van der Waals surface area contributed by atoms with E-state index in [1.165, 1.54) is 0 Å². The van der Waals surface area contributed by atoms with Crippen LogP contribution in [-0.2, 0) is 21.7 Å². The summed E-state index contributed by atoms with van der Waals surface area (Å²) in [5.74, 6) is 0. The van der Waals surface area contributed by atoms with Gasteiger partial charge in [-0.05, 0) is 13.8 Å². The van der Waals surface area contributed by atoms with Crippen LogP contribution in [0.3, 0.4) is 0 Å². The second-order valence-corrected chi connectivity index (χ2v) is 1.90. The van der Waals surface area contributed by atoms with Gasteiger partial charge in [-0.1, -0.05) is 0 Å². The maximum Gasteiger partial charge on any atom is 2.00 e. The molecule has 1 aliphatic heterocycles. The summed E-state index contributed by atoms with van der Waals surface area (Å²) in [7, 11) is 0. The molecular formula is C4H12N4O2Ti. The van der Waals surface area contributed by atoms with E-state index in [1.54, 1.807) is 13.8 Å². The Morgan fingerprint density at radius 3 is 1.18 bits per heavy atom. The molecule has 1 fully saturated rings. The smallest absolute Gasteiger partial charge is 0.570 e. The van der Waals surface area contributed by atoms with Gasteiger partial charge in [-0.15, -0.1) is 0 Å². The van der Waals surface area contributed by atoms with Gasteiger partial charge < -0.3 is 32.4 Å². The number of aliphatic hydroxyl groups excluding tert-OH is 2. The molecule has 0 spiro atoms. The first-order chi connectivity index (χ1) is 4.64. The molecule has 1 rings (SSSR count). The van der Waals surface area contributed by atoms with Crippen molar-refractivity contribution >= 4 is 0 Å². The van der Waals surface area contributed by atoms with E-state index in [4.69, 9.17) is 10.2 Å². The van der Waals surface area contributed by atoms with E-state index in [1.807, 2.05) is 0 Å². The number of nitrogens with one attached hydrogen (secondary N) is 2. The first-order valence-corrected chi connectivity index (χ1v) is 2.90. The van der Waals surface area contributed by atoms with Crippen molar-refractivity contribution in [3.05, 3.63) is 11.1 Å². The van der Waals surface area contributed by atoms with Crippen molar-refractivity contribution in [3.8, 4) is 0 Å². The minimum absolute atomic E-state index is 0. The number of rotatable bonds is 1. The van der Waals surface area contributed by atoms with E-state index in [0.717, 1.165) is 0 Å². The van der Waals surface area contributed by atoms with Crippen molar-refractivity contribution in [2.24, 2.45) is 0 Å². The molecule has 4 N–H and O–H groups in total. The fourth-order valence-corrected chi connectivity index (χ4v) is 0.0500. The Hall–Kier alpha value is 0.474. The van der Waals surface area contributed by atoms with Crippen LogP contribution in [0.1, 0.15) is 13.8 Å². The van der Waals surface area contributed by atoms with Crippen LogP contribution in [0.15, 0.2) is 0 Å². The molecule has 0 aromatic rings. The van der Waals surface area contributed by atoms with Crippen LogP contribution in [0.2, 0.25) is 0 Å². The van der Waals surface area contributed by atoms with Gasteiger partial charge in [0.1, 0.15) is 0 Å². The zero-order valence-electron chi connectivity index (χ0n) is 6.44. The Bertz CT molecular complexity index is 68.5. The summed E-state index contributed by atoms with van der Waals surface area (Å²) in [5, 5.41) is 16.8. The third kappa shape index (κ3) is 10.5. The molecule has 2 atom stereocenters. The van der Waals surface area contributed by atoms with Crippen LogP contribution in [0.4, 0.5) is 0 Å². The summed E-state index contributed by atoms with van der Waals surface area (Å²) in [4.78, 5) is 0. The SMILES string of the molecule is C[C@H](O)[C@H](C)O.[N-]1N[N-]N1.[Ti+2]. The Labute approximate surface area is 80.5 Å². The number of hydrogen-bond donors (Lipinski definition) is 4. The first kappa shape index (κ1) is 14.0. The van der Waals surface area contributed by atoms with Gasteiger partial charge in [0.05, 0.1) is 12.2 Å². The van der Waals surface area contributed by atoms with Crippen molar-refractivity contribution in [1.29, 1.82) is 0 Å². The molecule has 0 aromatic heterocycles. The average Bonchev–Trinajstić information content (AvgIpc) is 1.59. The molecule has 6 nitrogen and oxygen atoms in total. The molecule has 64 valence electrons. The largest absolute Gasteiger partial charge is 2.00 e. The molecule has 1 saturated heterocycles. The quantitative estimate of drug-likeness (QED) is 0.418. The molecule has 1 heterocycles. The molecule has 0 saturated carbocycles. The van der Waals surface area contributed by atoms with Gasteiger partial charge in [-0.3, -0.25) is 0 Å². The van der Waals surface area contributed by atoms with Crippen molar-refractivity contribution in [2.75, 3.05) is 0 Å². The van der Waals surface area contributed by atoms with Crippen LogP contribution < -0.4 is 11.1 Å². The van der Waals surface area contributed by atoms with Gasteiger partial charge in [0.2, 0.25) is 0 Å². The first-order valence-electron chi connectivity index (χ1n) is 2.90. The van der Waals surface area contributed by atoms with Crippen LogP contribution in [0.5, 0.6) is 0 Å². The third-order valence-corrected chi connectivity index (χ3v) is 0.898. The van der Waals surface area contributed by atoms with E-state index in [-0.39, 0.29) is 21.7 Å². The summed E-state index contributed by atoms with van der Waals surface area (Å²) in [6.45, 7) is 3.09. The van der Waals surface area contributed by atoms with E-state index in [9.17, 15) is 0 Å². The van der Waals surface area contributed by atoms with Crippen LogP contribution in [0.25, 0.3) is 11.1 Å². The Morgan fingerprint density at radius 1 is 1.00 bits per heavy atom. The standard InChI is InChI=1S/C4H10O2.H2N4.Ti/c1-3(5)4(2)6;1-2-4-3-1;/h3-6H,1-2H3;1,4H;/q;-2;+2/t3-,4-;;/m0../s1. The zero-order valence-corrected chi connectivity index (χ0v) is 8.01. The van der Waals surface area contributed by atoms with Crippen molar-refractivity contribution in [3.63, 3.8) is 0 Å². The maximum absolute atomic E-state index is 8.38. The number of hydrogen-bond acceptors (Lipinski definition) is 4. The van der Waals surface area contributed by atoms with E-state index in [0.29, 0.717) is 0 Å². The molecule has 0 aliphatic carbocycles. The van der Waals surface area contributed by atoms with Gasteiger partial charge in [0.25, 0.3) is 0 Å². The van der Waals surface area contributed by atoms with Crippen LogP contribution in [0, 0.1) is 0 Å². The fourth-order valence-electron chi connectivity index (χ4n) is 0.0500. The van der Waals surface area contributed by atoms with Gasteiger partial charge >= 0.3 is 21.7 Å². The molecular weight excluding hydrogens is 184 g/mol. The van der Waals surface area contributed by atoms with Crippen molar-refractivity contribution in [2.45, 2.75) is 26.1 Å². The summed E-state index contributed by atoms with van der Waals surface area (Å²) < 4.78 is 0. The topological polar surface area (TPSA) is 92.7 Å². The van der Waals surface area contributed by atoms with Crippen LogP contribution in [-0.4, -0.2) is 22.4 Å². The second-order valence-electron chi connectivity index (χ2n) is 1.90. The number of aliphatic hydroxyl groups is 2. The zero-order chi connectivity index (χ0) is 7.98.